The van der Waals surface area contributed by atoms with Crippen molar-refractivity contribution in [2.45, 2.75) is 27.7 Å². The first-order chi connectivity index (χ1) is 7.65. The van der Waals surface area contributed by atoms with Gasteiger partial charge >= 0.3 is 0 Å². The van der Waals surface area contributed by atoms with Gasteiger partial charge in [0.15, 0.2) is 0 Å². The van der Waals surface area contributed by atoms with E-state index in [0.717, 1.165) is 43.5 Å². The normalized spacial score (nSPS) is 10.2. The number of hydrogen-bond donors (Lipinski definition) is 1. The topological polar surface area (TPSA) is 41.0 Å². The van der Waals surface area contributed by atoms with Crippen LogP contribution < -0.4 is 5.32 Å². The van der Waals surface area contributed by atoms with Gasteiger partial charge in [-0.05, 0) is 33.0 Å². The number of halogens is 1. The fourth-order valence-corrected chi connectivity index (χ4v) is 1.67. The second-order valence-corrected chi connectivity index (χ2v) is 3.93. The van der Waals surface area contributed by atoms with Crippen molar-refractivity contribution in [3.05, 3.63) is 17.5 Å². The van der Waals surface area contributed by atoms with E-state index in [1.807, 2.05) is 19.9 Å². The van der Waals surface area contributed by atoms with E-state index in [0.29, 0.717) is 0 Å². The number of aryl methyl sites for hydroxylation is 2. The zero-order chi connectivity index (χ0) is 12.0. The maximum atomic E-state index is 4.34. The minimum Gasteiger partial charge on any atom is -0.353 e. The Kier molecular flexibility index (Phi) is 7.83. The van der Waals surface area contributed by atoms with Crippen molar-refractivity contribution in [2.75, 3.05) is 31.5 Å². The summed E-state index contributed by atoms with van der Waals surface area (Å²) in [5.41, 5.74) is 2.02. The van der Waals surface area contributed by atoms with E-state index in [9.17, 15) is 0 Å². The lowest BCUT2D eigenvalue weighted by atomic mass is 10.3. The SMILES string of the molecule is CCN(CC)CCNc1nc(C)cc(C)n1.Cl. The summed E-state index contributed by atoms with van der Waals surface area (Å²) in [6.45, 7) is 12.4. The summed E-state index contributed by atoms with van der Waals surface area (Å²) >= 11 is 0. The van der Waals surface area contributed by atoms with Crippen LogP contribution in [0, 0.1) is 13.8 Å². The molecule has 0 fully saturated rings. The van der Waals surface area contributed by atoms with E-state index in [1.165, 1.54) is 0 Å². The van der Waals surface area contributed by atoms with Crippen molar-refractivity contribution in [1.82, 2.24) is 14.9 Å². The van der Waals surface area contributed by atoms with Crippen LogP contribution in [-0.4, -0.2) is 41.0 Å². The average Bonchev–Trinajstić information content (AvgIpc) is 2.23. The van der Waals surface area contributed by atoms with Crippen LogP contribution >= 0.6 is 12.4 Å². The van der Waals surface area contributed by atoms with E-state index < -0.39 is 0 Å². The van der Waals surface area contributed by atoms with Crippen LogP contribution in [0.3, 0.4) is 0 Å². The Hall–Kier alpha value is -0.870. The van der Waals surface area contributed by atoms with Crippen molar-refractivity contribution in [3.8, 4) is 0 Å². The third-order valence-electron chi connectivity index (χ3n) is 2.59. The zero-order valence-electron chi connectivity index (χ0n) is 11.2. The molecule has 0 saturated heterocycles. The Labute approximate surface area is 110 Å². The molecule has 0 bridgehead atoms. The lowest BCUT2D eigenvalue weighted by molar-refractivity contribution is 0.316. The Balaban J connectivity index is 0.00000256. The number of anilines is 1. The number of likely N-dealkylation sites (N-methyl/N-ethyl adjacent to an activating group) is 1. The van der Waals surface area contributed by atoms with E-state index in [-0.39, 0.29) is 12.4 Å². The molecule has 17 heavy (non-hydrogen) atoms. The molecular formula is C12H23ClN4. The van der Waals surface area contributed by atoms with Gasteiger partial charge in [0, 0.05) is 24.5 Å². The van der Waals surface area contributed by atoms with Gasteiger partial charge in [0.2, 0.25) is 5.95 Å². The summed E-state index contributed by atoms with van der Waals surface area (Å²) in [7, 11) is 0. The minimum absolute atomic E-state index is 0. The predicted molar refractivity (Wildman–Crippen MR) is 75.0 cm³/mol. The van der Waals surface area contributed by atoms with Gasteiger partial charge in [-0.2, -0.15) is 0 Å². The van der Waals surface area contributed by atoms with E-state index in [1.54, 1.807) is 0 Å². The summed E-state index contributed by atoms with van der Waals surface area (Å²) in [5, 5.41) is 3.26. The molecule has 4 nitrogen and oxygen atoms in total. The molecule has 1 aromatic heterocycles. The number of hydrogen-bond acceptors (Lipinski definition) is 4. The maximum absolute atomic E-state index is 4.34. The van der Waals surface area contributed by atoms with Crippen molar-refractivity contribution < 1.29 is 0 Å². The number of nitrogens with one attached hydrogen (secondary N) is 1. The number of aromatic nitrogens is 2. The largest absolute Gasteiger partial charge is 0.353 e. The van der Waals surface area contributed by atoms with E-state index >= 15 is 0 Å². The molecule has 0 amide bonds. The highest BCUT2D eigenvalue weighted by Gasteiger charge is 2.01. The minimum atomic E-state index is 0. The highest BCUT2D eigenvalue weighted by molar-refractivity contribution is 5.85. The molecule has 0 aliphatic heterocycles. The highest BCUT2D eigenvalue weighted by atomic mass is 35.5. The quantitative estimate of drug-likeness (QED) is 0.850. The Morgan fingerprint density at radius 2 is 1.65 bits per heavy atom. The average molecular weight is 259 g/mol. The van der Waals surface area contributed by atoms with Crippen LogP contribution in [-0.2, 0) is 0 Å². The highest BCUT2D eigenvalue weighted by Crippen LogP contribution is 2.03. The van der Waals surface area contributed by atoms with Gasteiger partial charge in [-0.3, -0.25) is 0 Å². The first-order valence-electron chi connectivity index (χ1n) is 5.94. The summed E-state index contributed by atoms with van der Waals surface area (Å²) in [6.07, 6.45) is 0. The lowest BCUT2D eigenvalue weighted by Gasteiger charge is -2.18. The molecule has 1 heterocycles. The van der Waals surface area contributed by atoms with Crippen molar-refractivity contribution in [2.24, 2.45) is 0 Å². The molecule has 0 unspecified atom stereocenters. The Bertz CT molecular complexity index is 306. The molecule has 0 aliphatic carbocycles. The number of rotatable bonds is 6. The fourth-order valence-electron chi connectivity index (χ4n) is 1.67. The van der Waals surface area contributed by atoms with Gasteiger partial charge < -0.3 is 10.2 Å². The molecule has 0 aromatic carbocycles. The van der Waals surface area contributed by atoms with Gasteiger partial charge in [-0.25, -0.2) is 9.97 Å². The molecule has 0 spiro atoms. The predicted octanol–water partition coefficient (Wildman–Crippen LogP) is 2.27. The van der Waals surface area contributed by atoms with Gasteiger partial charge in [0.1, 0.15) is 0 Å². The lowest BCUT2D eigenvalue weighted by Crippen LogP contribution is -2.29. The molecule has 0 radical (unpaired) electrons. The van der Waals surface area contributed by atoms with E-state index in [2.05, 4.69) is 34.0 Å². The summed E-state index contributed by atoms with van der Waals surface area (Å²) in [4.78, 5) is 11.1. The van der Waals surface area contributed by atoms with Crippen LogP contribution in [0.4, 0.5) is 5.95 Å². The molecule has 0 atom stereocenters. The summed E-state index contributed by atoms with van der Waals surface area (Å²) < 4.78 is 0. The van der Waals surface area contributed by atoms with Crippen LogP contribution in [0.25, 0.3) is 0 Å². The molecular weight excluding hydrogens is 236 g/mol. The van der Waals surface area contributed by atoms with Gasteiger partial charge in [-0.15, -0.1) is 12.4 Å². The van der Waals surface area contributed by atoms with Crippen molar-refractivity contribution in [3.63, 3.8) is 0 Å². The molecule has 98 valence electrons. The molecule has 5 heteroatoms. The second-order valence-electron chi connectivity index (χ2n) is 3.93. The summed E-state index contributed by atoms with van der Waals surface area (Å²) in [5.74, 6) is 0.740. The number of nitrogens with zero attached hydrogens (tertiary/aromatic N) is 3. The monoisotopic (exact) mass is 258 g/mol. The van der Waals surface area contributed by atoms with Crippen LogP contribution in [0.15, 0.2) is 6.07 Å². The first-order valence-corrected chi connectivity index (χ1v) is 5.94. The van der Waals surface area contributed by atoms with Crippen LogP contribution in [0.5, 0.6) is 0 Å². The Morgan fingerprint density at radius 1 is 1.12 bits per heavy atom. The van der Waals surface area contributed by atoms with Gasteiger partial charge in [0.05, 0.1) is 0 Å². The smallest absolute Gasteiger partial charge is 0.223 e. The fraction of sp³-hybridized carbons (Fsp3) is 0.667. The van der Waals surface area contributed by atoms with Crippen LogP contribution in [0.1, 0.15) is 25.2 Å². The van der Waals surface area contributed by atoms with Gasteiger partial charge in [-0.1, -0.05) is 13.8 Å². The molecule has 0 aliphatic rings. The Morgan fingerprint density at radius 3 is 2.12 bits per heavy atom. The van der Waals surface area contributed by atoms with E-state index in [4.69, 9.17) is 0 Å². The molecule has 1 rings (SSSR count). The zero-order valence-corrected chi connectivity index (χ0v) is 12.0. The maximum Gasteiger partial charge on any atom is 0.223 e. The molecule has 1 aromatic rings. The van der Waals surface area contributed by atoms with Crippen molar-refractivity contribution >= 4 is 18.4 Å². The summed E-state index contributed by atoms with van der Waals surface area (Å²) in [6, 6.07) is 1.98. The molecule has 0 saturated carbocycles. The standard InChI is InChI=1S/C12H22N4.ClH/c1-5-16(6-2)8-7-13-12-14-10(3)9-11(4)15-12;/h9H,5-8H2,1-4H3,(H,13,14,15);1H. The third-order valence-corrected chi connectivity index (χ3v) is 2.59. The van der Waals surface area contributed by atoms with Crippen LogP contribution in [0.2, 0.25) is 0 Å². The first kappa shape index (κ1) is 16.1. The van der Waals surface area contributed by atoms with Gasteiger partial charge in [0.25, 0.3) is 0 Å². The molecule has 1 N–H and O–H groups in total. The second kappa shape index (κ2) is 8.25. The third kappa shape index (κ3) is 5.84. The van der Waals surface area contributed by atoms with Crippen molar-refractivity contribution in [1.29, 1.82) is 0 Å².